The molecule has 9 heteroatoms. The van der Waals surface area contributed by atoms with Gasteiger partial charge in [-0.15, -0.1) is 0 Å². The average molecular weight is 354 g/mol. The molecule has 0 aromatic heterocycles. The Hall–Kier alpha value is -2.00. The minimum atomic E-state index is -3.36. The zero-order valence-electron chi connectivity index (χ0n) is 13.9. The van der Waals surface area contributed by atoms with Crippen molar-refractivity contribution >= 4 is 27.3 Å². The molecule has 1 saturated heterocycles. The molecule has 1 aromatic rings. The number of rotatable bonds is 4. The topological polar surface area (TPSA) is 105 Å². The summed E-state index contributed by atoms with van der Waals surface area (Å²) >= 11 is 0. The van der Waals surface area contributed by atoms with Gasteiger partial charge in [0, 0.05) is 6.54 Å². The summed E-state index contributed by atoms with van der Waals surface area (Å²) in [5, 5.41) is 0. The highest BCUT2D eigenvalue weighted by Crippen LogP contribution is 2.44. The number of carbonyl (C=O) groups is 1. The summed E-state index contributed by atoms with van der Waals surface area (Å²) < 4.78 is 31.3. The van der Waals surface area contributed by atoms with Gasteiger partial charge in [-0.2, -0.15) is 0 Å². The lowest BCUT2D eigenvalue weighted by Gasteiger charge is -2.43. The first-order valence-electron chi connectivity index (χ1n) is 7.65. The molecule has 24 heavy (non-hydrogen) atoms. The summed E-state index contributed by atoms with van der Waals surface area (Å²) in [6.07, 6.45) is 1.11. The van der Waals surface area contributed by atoms with Crippen molar-refractivity contribution in [1.82, 2.24) is 4.90 Å². The highest BCUT2D eigenvalue weighted by atomic mass is 32.2. The molecule has 2 heterocycles. The number of ether oxygens (including phenoxy) is 1. The van der Waals surface area contributed by atoms with Crippen LogP contribution < -0.4 is 20.1 Å². The van der Waals surface area contributed by atoms with Crippen LogP contribution in [0.3, 0.4) is 0 Å². The number of nitrogens with one attached hydrogen (secondary N) is 1. The Morgan fingerprint density at radius 1 is 1.46 bits per heavy atom. The Labute approximate surface area is 141 Å². The van der Waals surface area contributed by atoms with E-state index in [9.17, 15) is 13.2 Å². The Kier molecular flexibility index (Phi) is 3.88. The van der Waals surface area contributed by atoms with Crippen LogP contribution in [0.15, 0.2) is 18.2 Å². The molecular weight excluding hydrogens is 332 g/mol. The van der Waals surface area contributed by atoms with E-state index in [0.29, 0.717) is 24.6 Å². The molecule has 0 radical (unpaired) electrons. The van der Waals surface area contributed by atoms with Crippen molar-refractivity contribution in [3.05, 3.63) is 18.2 Å². The summed E-state index contributed by atoms with van der Waals surface area (Å²) in [6.45, 7) is 5.35. The van der Waals surface area contributed by atoms with Gasteiger partial charge >= 0.3 is 0 Å². The van der Waals surface area contributed by atoms with Crippen molar-refractivity contribution < 1.29 is 17.9 Å². The van der Waals surface area contributed by atoms with E-state index in [1.807, 2.05) is 18.7 Å². The van der Waals surface area contributed by atoms with Gasteiger partial charge < -0.3 is 15.4 Å². The van der Waals surface area contributed by atoms with E-state index in [2.05, 4.69) is 9.62 Å². The van der Waals surface area contributed by atoms with E-state index >= 15 is 0 Å². The van der Waals surface area contributed by atoms with Gasteiger partial charge in [0.1, 0.15) is 12.4 Å². The fourth-order valence-corrected chi connectivity index (χ4v) is 4.07. The summed E-state index contributed by atoms with van der Waals surface area (Å²) in [7, 11) is -3.36. The lowest BCUT2D eigenvalue weighted by atomic mass is 10.1. The van der Waals surface area contributed by atoms with E-state index in [0.717, 1.165) is 11.9 Å². The smallest absolute Gasteiger partial charge is 0.231 e. The van der Waals surface area contributed by atoms with E-state index in [-0.39, 0.29) is 18.5 Å². The molecule has 1 unspecified atom stereocenters. The quantitative estimate of drug-likeness (QED) is 0.798. The number of primary amides is 1. The standard InChI is InChI=1S/C15H22N4O4S/c1-15(2)18(8-14(16)20)7-11-9-23-13-5-4-10(17-24(3,21)22)6-12(13)19(11)15/h4-6,11,17H,7-9H2,1-3H3,(H2,16,20). The molecule has 2 aliphatic heterocycles. The molecule has 2 aliphatic rings. The fraction of sp³-hybridized carbons (Fsp3) is 0.533. The number of benzene rings is 1. The van der Waals surface area contributed by atoms with Crippen LogP contribution >= 0.6 is 0 Å². The van der Waals surface area contributed by atoms with Crippen molar-refractivity contribution in [2.75, 3.05) is 35.6 Å². The van der Waals surface area contributed by atoms with E-state index in [4.69, 9.17) is 10.5 Å². The van der Waals surface area contributed by atoms with Crippen molar-refractivity contribution in [3.63, 3.8) is 0 Å². The fourth-order valence-electron chi connectivity index (χ4n) is 3.51. The molecule has 132 valence electrons. The largest absolute Gasteiger partial charge is 0.489 e. The maximum Gasteiger partial charge on any atom is 0.231 e. The second-order valence-electron chi connectivity index (χ2n) is 6.73. The van der Waals surface area contributed by atoms with Gasteiger partial charge in [0.2, 0.25) is 15.9 Å². The Morgan fingerprint density at radius 2 is 2.17 bits per heavy atom. The van der Waals surface area contributed by atoms with Crippen LogP contribution in [0.4, 0.5) is 11.4 Å². The Balaban J connectivity index is 1.99. The van der Waals surface area contributed by atoms with Crippen LogP contribution in [-0.2, 0) is 14.8 Å². The number of fused-ring (bicyclic) bond motifs is 3. The lowest BCUT2D eigenvalue weighted by Crippen LogP contribution is -2.53. The summed E-state index contributed by atoms with van der Waals surface area (Å²) in [6, 6.07) is 5.26. The number of amides is 1. The Morgan fingerprint density at radius 3 is 2.79 bits per heavy atom. The molecule has 3 N–H and O–H groups in total. The van der Waals surface area contributed by atoms with Gasteiger partial charge in [-0.05, 0) is 32.0 Å². The van der Waals surface area contributed by atoms with Crippen molar-refractivity contribution in [1.29, 1.82) is 0 Å². The molecule has 0 aliphatic carbocycles. The second kappa shape index (κ2) is 5.52. The van der Waals surface area contributed by atoms with Crippen LogP contribution in [0.2, 0.25) is 0 Å². The highest BCUT2D eigenvalue weighted by molar-refractivity contribution is 7.92. The van der Waals surface area contributed by atoms with Crippen molar-refractivity contribution in [3.8, 4) is 5.75 Å². The van der Waals surface area contributed by atoms with E-state index in [1.54, 1.807) is 18.2 Å². The number of nitrogens with two attached hydrogens (primary N) is 1. The monoisotopic (exact) mass is 354 g/mol. The maximum absolute atomic E-state index is 11.5. The van der Waals surface area contributed by atoms with Crippen molar-refractivity contribution in [2.24, 2.45) is 5.73 Å². The van der Waals surface area contributed by atoms with Crippen molar-refractivity contribution in [2.45, 2.75) is 25.6 Å². The number of hydrogen-bond acceptors (Lipinski definition) is 6. The molecule has 0 bridgehead atoms. The normalized spacial score (nSPS) is 22.5. The third-order valence-electron chi connectivity index (χ3n) is 4.46. The van der Waals surface area contributed by atoms with Crippen LogP contribution in [0.1, 0.15) is 13.8 Å². The first-order valence-corrected chi connectivity index (χ1v) is 9.54. The third kappa shape index (κ3) is 3.01. The lowest BCUT2D eigenvalue weighted by molar-refractivity contribution is -0.119. The SMILES string of the molecule is CC1(C)N(CC(N)=O)CC2COc3ccc(NS(C)(=O)=O)cc3N21. The molecule has 1 aromatic carbocycles. The van der Waals surface area contributed by atoms with E-state index in [1.165, 1.54) is 0 Å². The van der Waals surface area contributed by atoms with Gasteiger partial charge in [0.25, 0.3) is 0 Å². The molecule has 8 nitrogen and oxygen atoms in total. The van der Waals surface area contributed by atoms with Crippen LogP contribution in [-0.4, -0.2) is 56.9 Å². The first-order chi connectivity index (χ1) is 11.1. The van der Waals surface area contributed by atoms with E-state index < -0.39 is 15.7 Å². The van der Waals surface area contributed by atoms with Gasteiger partial charge in [-0.3, -0.25) is 14.4 Å². The number of nitrogens with zero attached hydrogens (tertiary/aromatic N) is 2. The van der Waals surface area contributed by atoms with Crippen LogP contribution in [0, 0.1) is 0 Å². The molecule has 1 fully saturated rings. The predicted molar refractivity (Wildman–Crippen MR) is 91.5 cm³/mol. The number of sulfonamides is 1. The van der Waals surface area contributed by atoms with Crippen LogP contribution in [0.5, 0.6) is 5.75 Å². The van der Waals surface area contributed by atoms with Crippen LogP contribution in [0.25, 0.3) is 0 Å². The zero-order valence-corrected chi connectivity index (χ0v) is 14.8. The average Bonchev–Trinajstić information content (AvgIpc) is 2.68. The molecule has 1 atom stereocenters. The Bertz CT molecular complexity index is 778. The van der Waals surface area contributed by atoms with Gasteiger partial charge in [0.05, 0.1) is 35.9 Å². The molecule has 3 rings (SSSR count). The third-order valence-corrected chi connectivity index (χ3v) is 5.07. The van der Waals surface area contributed by atoms with Gasteiger partial charge in [-0.1, -0.05) is 0 Å². The minimum Gasteiger partial charge on any atom is -0.489 e. The molecule has 0 saturated carbocycles. The number of hydrogen-bond donors (Lipinski definition) is 2. The predicted octanol–water partition coefficient (Wildman–Crippen LogP) is 0.163. The second-order valence-corrected chi connectivity index (χ2v) is 8.48. The minimum absolute atomic E-state index is 0.0698. The summed E-state index contributed by atoms with van der Waals surface area (Å²) in [5.74, 6) is 0.316. The maximum atomic E-state index is 11.5. The zero-order chi connectivity index (χ0) is 17.7. The summed E-state index contributed by atoms with van der Waals surface area (Å²) in [4.78, 5) is 15.5. The number of carbonyl (C=O) groups excluding carboxylic acids is 1. The molecule has 1 amide bonds. The highest BCUT2D eigenvalue weighted by Gasteiger charge is 2.48. The number of anilines is 2. The molecule has 0 spiro atoms. The molecular formula is C15H22N4O4S. The summed E-state index contributed by atoms with van der Waals surface area (Å²) in [5.41, 5.74) is 6.20. The van der Waals surface area contributed by atoms with Gasteiger partial charge in [-0.25, -0.2) is 8.42 Å². The first kappa shape index (κ1) is 16.8. The van der Waals surface area contributed by atoms with Gasteiger partial charge in [0.15, 0.2) is 0 Å².